The first kappa shape index (κ1) is 30.6. The molecule has 1 aliphatic heterocycles. The molecule has 0 atom stereocenters. The molecule has 1 aliphatic rings. The predicted molar refractivity (Wildman–Crippen MR) is 233 cm³/mol. The van der Waals surface area contributed by atoms with Crippen molar-refractivity contribution < 1.29 is 0 Å². The number of aromatic nitrogens is 2. The second-order valence-electron chi connectivity index (χ2n) is 14.5. The van der Waals surface area contributed by atoms with Crippen molar-refractivity contribution in [3.05, 3.63) is 194 Å². The van der Waals surface area contributed by atoms with Gasteiger partial charge in [0, 0.05) is 48.1 Å². The van der Waals surface area contributed by atoms with Gasteiger partial charge < -0.3 is 9.13 Å². The first-order valence-electron chi connectivity index (χ1n) is 18.8. The molecule has 0 N–H and O–H groups in total. The van der Waals surface area contributed by atoms with E-state index in [4.69, 9.17) is 0 Å². The summed E-state index contributed by atoms with van der Waals surface area (Å²) < 4.78 is 4.88. The average Bonchev–Trinajstić information content (AvgIpc) is 3.77. The molecule has 3 heteroatoms. The van der Waals surface area contributed by atoms with Gasteiger partial charge in [-0.3, -0.25) is 0 Å². The average molecular weight is 717 g/mol. The van der Waals surface area contributed by atoms with E-state index in [0.29, 0.717) is 0 Å². The lowest BCUT2D eigenvalue weighted by molar-refractivity contribution is 1.16. The molecule has 12 rings (SSSR count). The van der Waals surface area contributed by atoms with Crippen LogP contribution in [0.5, 0.6) is 0 Å². The largest absolute Gasteiger partial charge is 0.309 e. The van der Waals surface area contributed by atoms with E-state index in [2.05, 4.69) is 203 Å². The summed E-state index contributed by atoms with van der Waals surface area (Å²) in [5.74, 6) is 0. The van der Waals surface area contributed by atoms with Gasteiger partial charge in [0.05, 0.1) is 22.1 Å². The lowest BCUT2D eigenvalue weighted by Crippen LogP contribution is -1.99. The smallest absolute Gasteiger partial charge is 0.0553 e. The highest BCUT2D eigenvalue weighted by Crippen LogP contribution is 2.52. The third kappa shape index (κ3) is 4.57. The molecule has 0 unspecified atom stereocenters. The second-order valence-corrected chi connectivity index (χ2v) is 15.6. The highest BCUT2D eigenvalue weighted by atomic mass is 32.2. The van der Waals surface area contributed by atoms with Crippen LogP contribution < -0.4 is 0 Å². The van der Waals surface area contributed by atoms with Crippen molar-refractivity contribution in [3.8, 4) is 44.8 Å². The van der Waals surface area contributed by atoms with Gasteiger partial charge in [-0.1, -0.05) is 145 Å². The quantitative estimate of drug-likeness (QED) is 0.176. The van der Waals surface area contributed by atoms with Crippen molar-refractivity contribution in [2.75, 3.05) is 0 Å². The van der Waals surface area contributed by atoms with Gasteiger partial charge in [-0.05, 0) is 99.4 Å². The van der Waals surface area contributed by atoms with Crippen LogP contribution in [0.3, 0.4) is 0 Å². The Morgan fingerprint density at radius 2 is 0.891 bits per heavy atom. The maximum atomic E-state index is 2.45. The maximum Gasteiger partial charge on any atom is 0.0553 e. The summed E-state index contributed by atoms with van der Waals surface area (Å²) in [5.41, 5.74) is 14.7. The summed E-state index contributed by atoms with van der Waals surface area (Å²) in [5, 5.41) is 7.78. The molecular formula is C52H32N2S. The van der Waals surface area contributed by atoms with E-state index in [1.807, 2.05) is 11.8 Å². The molecule has 0 saturated heterocycles. The number of para-hydroxylation sites is 3. The number of hydrogen-bond acceptors (Lipinski definition) is 1. The SMILES string of the molecule is c1ccc(-c2ccc(-c3ccc4c(c3)c3ccccc3n4-c3ccc4c(c3)Sc3cccc5c3c-4cc3c5c4ccccc4n3-c3ccccc3)cc2)cc1. The van der Waals surface area contributed by atoms with E-state index in [-0.39, 0.29) is 0 Å². The van der Waals surface area contributed by atoms with Gasteiger partial charge in [-0.15, -0.1) is 0 Å². The standard InChI is InChI=1S/C52H32N2S/c1-3-12-33(13-4-1)34-22-24-35(25-23-34)36-26-29-47-43(30-36)39-16-7-9-19-45(39)54(47)38-27-28-40-44-32-48-51(42-18-11-21-49(52(42)44)55-50(40)31-38)41-17-8-10-20-46(41)53(48)37-14-5-2-6-15-37/h1-32H. The second kappa shape index (κ2) is 11.8. The van der Waals surface area contributed by atoms with Gasteiger partial charge >= 0.3 is 0 Å². The molecule has 0 spiro atoms. The zero-order valence-corrected chi connectivity index (χ0v) is 30.6. The Balaban J connectivity index is 1.02. The van der Waals surface area contributed by atoms with Crippen LogP contribution in [0.15, 0.2) is 204 Å². The molecule has 0 bridgehead atoms. The Labute approximate surface area is 322 Å². The van der Waals surface area contributed by atoms with Crippen LogP contribution >= 0.6 is 11.8 Å². The van der Waals surface area contributed by atoms with Gasteiger partial charge in [0.15, 0.2) is 0 Å². The summed E-state index contributed by atoms with van der Waals surface area (Å²) in [6, 6.07) is 71.3. The first-order valence-corrected chi connectivity index (χ1v) is 19.7. The minimum absolute atomic E-state index is 1.17. The Kier molecular flexibility index (Phi) is 6.60. The highest BCUT2D eigenvalue weighted by Gasteiger charge is 2.25. The number of fused-ring (bicyclic) bond motifs is 9. The van der Waals surface area contributed by atoms with E-state index in [9.17, 15) is 0 Å². The molecule has 3 heterocycles. The Morgan fingerprint density at radius 1 is 0.291 bits per heavy atom. The molecule has 0 radical (unpaired) electrons. The summed E-state index contributed by atoms with van der Waals surface area (Å²) in [6.45, 7) is 0. The lowest BCUT2D eigenvalue weighted by Gasteiger charge is -2.22. The van der Waals surface area contributed by atoms with Gasteiger partial charge in [0.25, 0.3) is 0 Å². The van der Waals surface area contributed by atoms with Crippen molar-refractivity contribution in [3.63, 3.8) is 0 Å². The molecule has 0 fully saturated rings. The molecule has 0 saturated carbocycles. The first-order chi connectivity index (χ1) is 27.3. The van der Waals surface area contributed by atoms with Crippen LogP contribution in [-0.4, -0.2) is 9.13 Å². The summed E-state index contributed by atoms with van der Waals surface area (Å²) >= 11 is 1.89. The van der Waals surface area contributed by atoms with Crippen LogP contribution in [0.4, 0.5) is 0 Å². The van der Waals surface area contributed by atoms with Gasteiger partial charge in [0.2, 0.25) is 0 Å². The molecule has 55 heavy (non-hydrogen) atoms. The molecule has 0 amide bonds. The number of hydrogen-bond donors (Lipinski definition) is 0. The van der Waals surface area contributed by atoms with Crippen LogP contribution in [0, 0.1) is 0 Å². The molecule has 2 aromatic heterocycles. The van der Waals surface area contributed by atoms with Crippen LogP contribution in [0.25, 0.3) is 99.1 Å². The number of rotatable bonds is 4. The maximum absolute atomic E-state index is 2.45. The minimum atomic E-state index is 1.17. The zero-order chi connectivity index (χ0) is 36.0. The lowest BCUT2D eigenvalue weighted by atomic mass is 9.94. The molecule has 256 valence electrons. The third-order valence-corrected chi connectivity index (χ3v) is 12.6. The fourth-order valence-electron chi connectivity index (χ4n) is 9.05. The van der Waals surface area contributed by atoms with Crippen molar-refractivity contribution >= 4 is 66.1 Å². The fourth-order valence-corrected chi connectivity index (χ4v) is 10.2. The molecular weight excluding hydrogens is 685 g/mol. The van der Waals surface area contributed by atoms with Crippen molar-refractivity contribution in [1.82, 2.24) is 9.13 Å². The van der Waals surface area contributed by atoms with Crippen LogP contribution in [0.2, 0.25) is 0 Å². The molecule has 0 aliphatic carbocycles. The van der Waals surface area contributed by atoms with E-state index >= 15 is 0 Å². The minimum Gasteiger partial charge on any atom is -0.309 e. The summed E-state index contributed by atoms with van der Waals surface area (Å²) in [4.78, 5) is 2.58. The van der Waals surface area contributed by atoms with E-state index in [1.54, 1.807) is 0 Å². The van der Waals surface area contributed by atoms with Crippen molar-refractivity contribution in [2.24, 2.45) is 0 Å². The Morgan fingerprint density at radius 3 is 1.69 bits per heavy atom. The number of nitrogens with zero attached hydrogens (tertiary/aromatic N) is 2. The fraction of sp³-hybridized carbons (Fsp3) is 0. The monoisotopic (exact) mass is 716 g/mol. The van der Waals surface area contributed by atoms with Gasteiger partial charge in [0.1, 0.15) is 0 Å². The third-order valence-electron chi connectivity index (χ3n) is 11.5. The Bertz CT molecular complexity index is 3320. The topological polar surface area (TPSA) is 9.86 Å². The van der Waals surface area contributed by atoms with Gasteiger partial charge in [-0.2, -0.15) is 0 Å². The van der Waals surface area contributed by atoms with Crippen molar-refractivity contribution in [2.45, 2.75) is 9.79 Å². The van der Waals surface area contributed by atoms with Crippen LogP contribution in [0.1, 0.15) is 0 Å². The summed E-state index contributed by atoms with van der Waals surface area (Å²) in [7, 11) is 0. The van der Waals surface area contributed by atoms with E-state index < -0.39 is 0 Å². The van der Waals surface area contributed by atoms with E-state index in [0.717, 1.165) is 0 Å². The molecule has 11 aromatic rings. The van der Waals surface area contributed by atoms with Gasteiger partial charge in [-0.25, -0.2) is 0 Å². The zero-order valence-electron chi connectivity index (χ0n) is 29.8. The Hall–Kier alpha value is -6.81. The predicted octanol–water partition coefficient (Wildman–Crippen LogP) is 14.5. The van der Waals surface area contributed by atoms with E-state index in [1.165, 1.54) is 109 Å². The van der Waals surface area contributed by atoms with Crippen LogP contribution in [-0.2, 0) is 0 Å². The molecule has 2 nitrogen and oxygen atoms in total. The normalized spacial score (nSPS) is 12.3. The van der Waals surface area contributed by atoms with Crippen molar-refractivity contribution in [1.29, 1.82) is 0 Å². The highest BCUT2D eigenvalue weighted by molar-refractivity contribution is 7.99. The molecule has 9 aromatic carbocycles. The number of benzene rings is 9. The summed E-state index contributed by atoms with van der Waals surface area (Å²) in [6.07, 6.45) is 0.